The van der Waals surface area contributed by atoms with Gasteiger partial charge in [0.2, 0.25) is 5.91 Å². The van der Waals surface area contributed by atoms with Crippen LogP contribution in [0, 0.1) is 5.92 Å². The molecule has 0 bridgehead atoms. The monoisotopic (exact) mass is 297 g/mol. The van der Waals surface area contributed by atoms with Gasteiger partial charge in [-0.1, -0.05) is 6.92 Å². The second kappa shape index (κ2) is 6.78. The predicted molar refractivity (Wildman–Crippen MR) is 75.7 cm³/mol. The number of carbonyl (C=O) groups excluding carboxylic acids is 2. The van der Waals surface area contributed by atoms with Gasteiger partial charge in [-0.15, -0.1) is 0 Å². The van der Waals surface area contributed by atoms with E-state index in [9.17, 15) is 14.4 Å². The molecule has 0 saturated carbocycles. The molecular weight excluding hydrogens is 274 g/mol. The highest BCUT2D eigenvalue weighted by molar-refractivity contribution is 5.80. The molecule has 7 heteroatoms. The van der Waals surface area contributed by atoms with E-state index >= 15 is 0 Å². The Labute approximate surface area is 124 Å². The number of fused-ring (bicyclic) bond motifs is 1. The molecule has 0 aromatic heterocycles. The Morgan fingerprint density at radius 2 is 2.19 bits per heavy atom. The van der Waals surface area contributed by atoms with Crippen molar-refractivity contribution in [3.8, 4) is 0 Å². The summed E-state index contributed by atoms with van der Waals surface area (Å²) in [7, 11) is 0. The van der Waals surface area contributed by atoms with E-state index in [0.717, 1.165) is 6.42 Å². The maximum Gasteiger partial charge on any atom is 0.317 e. The fraction of sp³-hybridized carbons (Fsp3) is 0.786. The van der Waals surface area contributed by atoms with Crippen molar-refractivity contribution in [3.63, 3.8) is 0 Å². The van der Waals surface area contributed by atoms with Crippen molar-refractivity contribution in [1.29, 1.82) is 0 Å². The van der Waals surface area contributed by atoms with E-state index in [1.54, 1.807) is 11.8 Å². The molecular formula is C14H23N3O4. The first-order valence-corrected chi connectivity index (χ1v) is 7.54. The van der Waals surface area contributed by atoms with Crippen molar-refractivity contribution in [2.24, 2.45) is 5.92 Å². The Kier molecular flexibility index (Phi) is 5.03. The van der Waals surface area contributed by atoms with E-state index in [-0.39, 0.29) is 23.9 Å². The van der Waals surface area contributed by atoms with Crippen LogP contribution >= 0.6 is 0 Å². The summed E-state index contributed by atoms with van der Waals surface area (Å²) in [4.78, 5) is 37.9. The van der Waals surface area contributed by atoms with E-state index in [2.05, 4.69) is 5.32 Å². The third-order valence-electron chi connectivity index (χ3n) is 4.29. The molecule has 0 aromatic rings. The van der Waals surface area contributed by atoms with Crippen molar-refractivity contribution < 1.29 is 19.5 Å². The number of urea groups is 1. The normalized spacial score (nSPS) is 22.9. The summed E-state index contributed by atoms with van der Waals surface area (Å²) in [5.74, 6) is -0.985. The maximum absolute atomic E-state index is 12.0. The molecule has 0 radical (unpaired) electrons. The summed E-state index contributed by atoms with van der Waals surface area (Å²) in [5.41, 5.74) is 0. The van der Waals surface area contributed by atoms with Crippen LogP contribution in [0.15, 0.2) is 0 Å². The van der Waals surface area contributed by atoms with Crippen molar-refractivity contribution in [2.75, 3.05) is 26.2 Å². The van der Waals surface area contributed by atoms with Crippen LogP contribution in [0.5, 0.6) is 0 Å². The minimum atomic E-state index is -0.802. The topological polar surface area (TPSA) is 90.0 Å². The molecule has 2 rings (SSSR count). The summed E-state index contributed by atoms with van der Waals surface area (Å²) in [5, 5.41) is 11.6. The lowest BCUT2D eigenvalue weighted by Gasteiger charge is -2.37. The Bertz CT molecular complexity index is 426. The molecule has 2 aliphatic heterocycles. The van der Waals surface area contributed by atoms with E-state index in [0.29, 0.717) is 45.4 Å². The molecule has 0 aromatic carbocycles. The average molecular weight is 297 g/mol. The molecule has 2 aliphatic rings. The van der Waals surface area contributed by atoms with Crippen LogP contribution in [-0.4, -0.2) is 65.0 Å². The minimum Gasteiger partial charge on any atom is -0.481 e. The van der Waals surface area contributed by atoms with Gasteiger partial charge < -0.3 is 20.2 Å². The predicted octanol–water partition coefficient (Wildman–Crippen LogP) is 0.504. The van der Waals surface area contributed by atoms with Crippen molar-refractivity contribution >= 4 is 17.9 Å². The average Bonchev–Trinajstić information content (AvgIpc) is 2.84. The van der Waals surface area contributed by atoms with Crippen molar-refractivity contribution in [3.05, 3.63) is 0 Å². The van der Waals surface area contributed by atoms with Gasteiger partial charge in [-0.3, -0.25) is 9.59 Å². The number of carbonyl (C=O) groups is 3. The van der Waals surface area contributed by atoms with Gasteiger partial charge in [0, 0.05) is 38.6 Å². The van der Waals surface area contributed by atoms with E-state index in [4.69, 9.17) is 5.11 Å². The molecule has 2 fully saturated rings. The number of carboxylic acids is 1. The Hall–Kier alpha value is -1.79. The Morgan fingerprint density at radius 1 is 1.43 bits per heavy atom. The zero-order chi connectivity index (χ0) is 15.4. The second-order valence-electron chi connectivity index (χ2n) is 5.84. The molecule has 21 heavy (non-hydrogen) atoms. The fourth-order valence-corrected chi connectivity index (χ4v) is 2.89. The third kappa shape index (κ3) is 3.86. The van der Waals surface area contributed by atoms with Gasteiger partial charge in [0.05, 0.1) is 5.92 Å². The summed E-state index contributed by atoms with van der Waals surface area (Å²) >= 11 is 0. The summed E-state index contributed by atoms with van der Waals surface area (Å²) in [6.07, 6.45) is 2.63. The third-order valence-corrected chi connectivity index (χ3v) is 4.29. The number of hydrogen-bond acceptors (Lipinski definition) is 3. The number of piperazine rings is 1. The lowest BCUT2D eigenvalue weighted by Crippen LogP contribution is -2.55. The summed E-state index contributed by atoms with van der Waals surface area (Å²) in [6, 6.07) is 0.0565. The molecule has 2 unspecified atom stereocenters. The first kappa shape index (κ1) is 15.6. The van der Waals surface area contributed by atoms with Crippen LogP contribution < -0.4 is 5.32 Å². The quantitative estimate of drug-likeness (QED) is 0.723. The van der Waals surface area contributed by atoms with Crippen molar-refractivity contribution in [1.82, 2.24) is 15.1 Å². The highest BCUT2D eigenvalue weighted by atomic mass is 16.4. The van der Waals surface area contributed by atoms with E-state index in [1.807, 2.05) is 4.90 Å². The van der Waals surface area contributed by atoms with Crippen LogP contribution in [0.2, 0.25) is 0 Å². The molecule has 2 heterocycles. The molecule has 2 atom stereocenters. The number of carboxylic acid groups (broad SMARTS) is 1. The molecule has 7 nitrogen and oxygen atoms in total. The minimum absolute atomic E-state index is 0.114. The van der Waals surface area contributed by atoms with E-state index in [1.165, 1.54) is 0 Å². The van der Waals surface area contributed by atoms with Gasteiger partial charge in [0.25, 0.3) is 0 Å². The molecule has 118 valence electrons. The molecule has 0 aliphatic carbocycles. The van der Waals surface area contributed by atoms with Crippen LogP contribution in [0.25, 0.3) is 0 Å². The number of aliphatic carboxylic acids is 1. The number of hydrogen-bond donors (Lipinski definition) is 2. The van der Waals surface area contributed by atoms with Gasteiger partial charge in [-0.25, -0.2) is 4.79 Å². The smallest absolute Gasteiger partial charge is 0.317 e. The number of rotatable bonds is 5. The molecule has 0 spiro atoms. The lowest BCUT2D eigenvalue weighted by atomic mass is 10.1. The van der Waals surface area contributed by atoms with E-state index < -0.39 is 5.97 Å². The van der Waals surface area contributed by atoms with Crippen LogP contribution in [0.1, 0.15) is 32.6 Å². The lowest BCUT2D eigenvalue weighted by molar-refractivity contribution is -0.141. The number of nitrogens with one attached hydrogen (secondary N) is 1. The highest BCUT2D eigenvalue weighted by Gasteiger charge is 2.36. The first-order chi connectivity index (χ1) is 9.99. The molecule has 2 saturated heterocycles. The second-order valence-corrected chi connectivity index (χ2v) is 5.84. The van der Waals surface area contributed by atoms with Gasteiger partial charge in [-0.05, 0) is 19.3 Å². The standard InChI is InChI=1S/C14H23N3O4/c1-10(13(19)20)3-2-6-15-14(21)16-7-8-17-11(9-16)4-5-12(17)18/h10-11H,2-9H2,1H3,(H,15,21)(H,19,20). The summed E-state index contributed by atoms with van der Waals surface area (Å²) < 4.78 is 0. The van der Waals surface area contributed by atoms with Crippen molar-refractivity contribution in [2.45, 2.75) is 38.6 Å². The van der Waals surface area contributed by atoms with Crippen LogP contribution in [0.4, 0.5) is 4.79 Å². The maximum atomic E-state index is 12.0. The molecule has 2 N–H and O–H groups in total. The molecule has 3 amide bonds. The zero-order valence-corrected chi connectivity index (χ0v) is 12.4. The zero-order valence-electron chi connectivity index (χ0n) is 12.4. The van der Waals surface area contributed by atoms with Gasteiger partial charge >= 0.3 is 12.0 Å². The van der Waals surface area contributed by atoms with Gasteiger partial charge in [0.1, 0.15) is 0 Å². The van der Waals surface area contributed by atoms with Gasteiger partial charge in [-0.2, -0.15) is 0 Å². The number of amides is 3. The van der Waals surface area contributed by atoms with Crippen LogP contribution in [-0.2, 0) is 9.59 Å². The van der Waals surface area contributed by atoms with Crippen LogP contribution in [0.3, 0.4) is 0 Å². The number of nitrogens with zero attached hydrogens (tertiary/aromatic N) is 2. The Morgan fingerprint density at radius 3 is 2.90 bits per heavy atom. The first-order valence-electron chi connectivity index (χ1n) is 7.54. The fourth-order valence-electron chi connectivity index (χ4n) is 2.89. The Balaban J connectivity index is 1.67. The van der Waals surface area contributed by atoms with Gasteiger partial charge in [0.15, 0.2) is 0 Å². The highest BCUT2D eigenvalue weighted by Crippen LogP contribution is 2.22. The largest absolute Gasteiger partial charge is 0.481 e. The SMILES string of the molecule is CC(CCCNC(=O)N1CCN2C(=O)CCC2C1)C(=O)O. The summed E-state index contributed by atoms with van der Waals surface area (Å²) in [6.45, 7) is 3.94.